The van der Waals surface area contributed by atoms with Gasteiger partial charge in [-0.15, -0.1) is 0 Å². The molecule has 1 aromatic heterocycles. The Hall–Kier alpha value is -1.09. The standard InChI is InChI=1S/C15H20O3/c1-8-7-18-14-10(8)6-15(3)9(2)12(16)5-4-11(15)13(14)17/h7,9,11-12,16H,4-6H2,1-3H3. The van der Waals surface area contributed by atoms with Crippen LogP contribution in [0.2, 0.25) is 0 Å². The van der Waals surface area contributed by atoms with Crippen molar-refractivity contribution < 1.29 is 14.3 Å². The Bertz CT molecular complexity index is 502. The van der Waals surface area contributed by atoms with Crippen molar-refractivity contribution in [3.8, 4) is 0 Å². The van der Waals surface area contributed by atoms with Gasteiger partial charge in [-0.05, 0) is 43.1 Å². The monoisotopic (exact) mass is 248 g/mol. The smallest absolute Gasteiger partial charge is 0.201 e. The van der Waals surface area contributed by atoms with Crippen LogP contribution < -0.4 is 0 Å². The van der Waals surface area contributed by atoms with E-state index < -0.39 is 0 Å². The van der Waals surface area contributed by atoms with Gasteiger partial charge in [0.25, 0.3) is 0 Å². The molecule has 0 radical (unpaired) electrons. The maximum Gasteiger partial charge on any atom is 0.201 e. The van der Waals surface area contributed by atoms with Crippen LogP contribution in [-0.2, 0) is 6.42 Å². The van der Waals surface area contributed by atoms with Gasteiger partial charge in [-0.2, -0.15) is 0 Å². The number of fused-ring (bicyclic) bond motifs is 2. The first kappa shape index (κ1) is 12.0. The molecule has 3 rings (SSSR count). The van der Waals surface area contributed by atoms with Crippen LogP contribution in [0.15, 0.2) is 10.7 Å². The Morgan fingerprint density at radius 3 is 2.89 bits per heavy atom. The fourth-order valence-electron chi connectivity index (χ4n) is 3.82. The van der Waals surface area contributed by atoms with Crippen LogP contribution in [0.4, 0.5) is 0 Å². The van der Waals surface area contributed by atoms with Crippen LogP contribution in [0.1, 0.15) is 48.4 Å². The molecule has 0 saturated heterocycles. The molecule has 4 unspecified atom stereocenters. The fraction of sp³-hybridized carbons (Fsp3) is 0.667. The zero-order chi connectivity index (χ0) is 13.1. The number of rotatable bonds is 0. The molecule has 1 heterocycles. The van der Waals surface area contributed by atoms with Gasteiger partial charge in [0.15, 0.2) is 5.76 Å². The van der Waals surface area contributed by atoms with Gasteiger partial charge in [-0.25, -0.2) is 0 Å². The van der Waals surface area contributed by atoms with E-state index in [9.17, 15) is 9.90 Å². The number of aliphatic hydroxyl groups is 1. The van der Waals surface area contributed by atoms with Gasteiger partial charge in [-0.1, -0.05) is 13.8 Å². The average molecular weight is 248 g/mol. The molecule has 4 atom stereocenters. The number of furan rings is 1. The Morgan fingerprint density at radius 1 is 1.44 bits per heavy atom. The summed E-state index contributed by atoms with van der Waals surface area (Å²) in [5.74, 6) is 0.876. The molecular formula is C15H20O3. The summed E-state index contributed by atoms with van der Waals surface area (Å²) in [6, 6.07) is 0. The van der Waals surface area contributed by atoms with E-state index in [4.69, 9.17) is 4.42 Å². The minimum atomic E-state index is -0.284. The minimum Gasteiger partial charge on any atom is -0.461 e. The molecule has 0 aromatic carbocycles. The number of hydrogen-bond donors (Lipinski definition) is 1. The quantitative estimate of drug-likeness (QED) is 0.768. The number of hydrogen-bond acceptors (Lipinski definition) is 3. The summed E-state index contributed by atoms with van der Waals surface area (Å²) in [7, 11) is 0. The molecule has 3 heteroatoms. The number of carbonyl (C=O) groups excluding carboxylic acids is 1. The zero-order valence-corrected chi connectivity index (χ0v) is 11.2. The third-order valence-corrected chi connectivity index (χ3v) is 5.37. The summed E-state index contributed by atoms with van der Waals surface area (Å²) >= 11 is 0. The largest absolute Gasteiger partial charge is 0.461 e. The van der Waals surface area contributed by atoms with Gasteiger partial charge in [0.2, 0.25) is 5.78 Å². The number of Topliss-reactive ketones (excluding diaryl/α,β-unsaturated/α-hetero) is 1. The maximum absolute atomic E-state index is 12.5. The van der Waals surface area contributed by atoms with E-state index in [-0.39, 0.29) is 29.1 Å². The molecule has 1 aromatic rings. The van der Waals surface area contributed by atoms with Crippen molar-refractivity contribution in [2.24, 2.45) is 17.3 Å². The number of aliphatic hydroxyl groups excluding tert-OH is 1. The summed E-state index contributed by atoms with van der Waals surface area (Å²) in [6.45, 7) is 6.21. The zero-order valence-electron chi connectivity index (χ0n) is 11.2. The van der Waals surface area contributed by atoms with E-state index in [1.165, 1.54) is 0 Å². The molecule has 0 bridgehead atoms. The van der Waals surface area contributed by atoms with Crippen molar-refractivity contribution in [2.45, 2.75) is 46.1 Å². The summed E-state index contributed by atoms with van der Waals surface area (Å²) < 4.78 is 5.44. The van der Waals surface area contributed by atoms with Crippen LogP contribution in [0.5, 0.6) is 0 Å². The minimum absolute atomic E-state index is 0.00829. The van der Waals surface area contributed by atoms with Crippen LogP contribution in [0.3, 0.4) is 0 Å². The second-order valence-electron chi connectivity index (χ2n) is 6.26. The van der Waals surface area contributed by atoms with Crippen molar-refractivity contribution in [3.63, 3.8) is 0 Å². The average Bonchev–Trinajstić information content (AvgIpc) is 2.68. The van der Waals surface area contributed by atoms with Gasteiger partial charge >= 0.3 is 0 Å². The summed E-state index contributed by atoms with van der Waals surface area (Å²) in [4.78, 5) is 12.5. The molecule has 2 aliphatic rings. The first-order chi connectivity index (χ1) is 8.45. The number of carbonyl (C=O) groups is 1. The molecule has 2 aliphatic carbocycles. The van der Waals surface area contributed by atoms with Crippen molar-refractivity contribution in [1.82, 2.24) is 0 Å². The summed E-state index contributed by atoms with van der Waals surface area (Å²) in [5, 5.41) is 10.1. The third kappa shape index (κ3) is 1.37. The number of ketones is 1. The molecule has 0 spiro atoms. The van der Waals surface area contributed by atoms with Crippen molar-refractivity contribution >= 4 is 5.78 Å². The van der Waals surface area contributed by atoms with Crippen molar-refractivity contribution in [2.75, 3.05) is 0 Å². The lowest BCUT2D eigenvalue weighted by molar-refractivity contribution is -0.0427. The molecule has 0 aliphatic heterocycles. The molecule has 1 fully saturated rings. The Labute approximate surface area is 107 Å². The van der Waals surface area contributed by atoms with E-state index in [0.717, 1.165) is 30.4 Å². The first-order valence-corrected chi connectivity index (χ1v) is 6.74. The van der Waals surface area contributed by atoms with E-state index in [2.05, 4.69) is 13.8 Å². The van der Waals surface area contributed by atoms with Crippen LogP contribution >= 0.6 is 0 Å². The van der Waals surface area contributed by atoms with E-state index in [1.54, 1.807) is 6.26 Å². The van der Waals surface area contributed by atoms with Gasteiger partial charge in [0.05, 0.1) is 12.4 Å². The molecule has 18 heavy (non-hydrogen) atoms. The molecule has 1 saturated carbocycles. The van der Waals surface area contributed by atoms with E-state index in [1.807, 2.05) is 6.92 Å². The predicted octanol–water partition coefficient (Wildman–Crippen LogP) is 2.74. The Kier molecular flexibility index (Phi) is 2.46. The summed E-state index contributed by atoms with van der Waals surface area (Å²) in [5.41, 5.74) is 1.99. The lowest BCUT2D eigenvalue weighted by atomic mass is 9.54. The molecule has 1 N–H and O–H groups in total. The molecular weight excluding hydrogens is 228 g/mol. The highest BCUT2D eigenvalue weighted by molar-refractivity contribution is 5.98. The fourth-order valence-corrected chi connectivity index (χ4v) is 3.82. The lowest BCUT2D eigenvalue weighted by Crippen LogP contribution is -2.51. The molecule has 0 amide bonds. The van der Waals surface area contributed by atoms with Crippen LogP contribution in [-0.4, -0.2) is 17.0 Å². The topological polar surface area (TPSA) is 50.4 Å². The van der Waals surface area contributed by atoms with Gasteiger partial charge in [0, 0.05) is 11.5 Å². The SMILES string of the molecule is Cc1coc2c1CC1(C)C(CCC(O)C1C)C2=O. The highest BCUT2D eigenvalue weighted by Gasteiger charge is 2.53. The second kappa shape index (κ2) is 3.70. The van der Waals surface area contributed by atoms with Gasteiger partial charge in [-0.3, -0.25) is 4.79 Å². The Morgan fingerprint density at radius 2 is 2.17 bits per heavy atom. The van der Waals surface area contributed by atoms with Gasteiger partial charge in [0.1, 0.15) is 0 Å². The van der Waals surface area contributed by atoms with Crippen LogP contribution in [0, 0.1) is 24.2 Å². The summed E-state index contributed by atoms with van der Waals surface area (Å²) in [6.07, 6.45) is 3.75. The van der Waals surface area contributed by atoms with Gasteiger partial charge < -0.3 is 9.52 Å². The first-order valence-electron chi connectivity index (χ1n) is 6.74. The third-order valence-electron chi connectivity index (χ3n) is 5.37. The lowest BCUT2D eigenvalue weighted by Gasteiger charge is -2.49. The normalized spacial score (nSPS) is 39.3. The Balaban J connectivity index is 2.10. The van der Waals surface area contributed by atoms with E-state index >= 15 is 0 Å². The number of aryl methyl sites for hydroxylation is 1. The van der Waals surface area contributed by atoms with Crippen molar-refractivity contribution in [3.05, 3.63) is 23.2 Å². The van der Waals surface area contributed by atoms with Crippen molar-refractivity contribution in [1.29, 1.82) is 0 Å². The maximum atomic E-state index is 12.5. The highest BCUT2D eigenvalue weighted by Crippen LogP contribution is 2.52. The predicted molar refractivity (Wildman–Crippen MR) is 67.5 cm³/mol. The highest BCUT2D eigenvalue weighted by atomic mass is 16.3. The molecule has 98 valence electrons. The molecule has 3 nitrogen and oxygen atoms in total. The van der Waals surface area contributed by atoms with E-state index in [0.29, 0.717) is 5.76 Å². The van der Waals surface area contributed by atoms with Crippen LogP contribution in [0.25, 0.3) is 0 Å². The second-order valence-corrected chi connectivity index (χ2v) is 6.26.